The van der Waals surface area contributed by atoms with Crippen LogP contribution in [0.2, 0.25) is 0 Å². The molecular formula is C20H20N2O4. The maximum atomic E-state index is 12.0. The summed E-state index contributed by atoms with van der Waals surface area (Å²) in [4.78, 5) is 15.2. The summed E-state index contributed by atoms with van der Waals surface area (Å²) in [5, 5.41) is 10.7. The Kier molecular flexibility index (Phi) is 4.16. The molecule has 0 saturated carbocycles. The van der Waals surface area contributed by atoms with Gasteiger partial charge >= 0.3 is 0 Å². The molecule has 0 fully saturated rings. The molecule has 2 atom stereocenters. The molecule has 6 nitrogen and oxygen atoms in total. The Hall–Kier alpha value is -3.15. The van der Waals surface area contributed by atoms with E-state index in [0.717, 1.165) is 16.5 Å². The molecular weight excluding hydrogens is 332 g/mol. The van der Waals surface area contributed by atoms with Crippen molar-refractivity contribution in [2.45, 2.75) is 18.9 Å². The predicted molar refractivity (Wildman–Crippen MR) is 97.3 cm³/mol. The average molecular weight is 352 g/mol. The number of aromatic nitrogens is 1. The summed E-state index contributed by atoms with van der Waals surface area (Å²) in [6.45, 7) is 0.343. The van der Waals surface area contributed by atoms with Crippen LogP contribution in [0.3, 0.4) is 0 Å². The van der Waals surface area contributed by atoms with Gasteiger partial charge < -0.3 is 25.3 Å². The van der Waals surface area contributed by atoms with Crippen LogP contribution in [0.1, 0.15) is 12.0 Å². The van der Waals surface area contributed by atoms with Crippen LogP contribution >= 0.6 is 0 Å². The number of carbonyl (C=O) groups is 1. The number of aromatic amines is 1. The van der Waals surface area contributed by atoms with Crippen LogP contribution in [0.15, 0.2) is 48.7 Å². The number of phenolic OH excluding ortho intramolecular Hbond substituents is 1. The summed E-state index contributed by atoms with van der Waals surface area (Å²) >= 11 is 0. The Balaban J connectivity index is 1.50. The Morgan fingerprint density at radius 1 is 1.27 bits per heavy atom. The molecule has 1 aliphatic heterocycles. The topological polar surface area (TPSA) is 97.6 Å². The summed E-state index contributed by atoms with van der Waals surface area (Å²) in [5.74, 6) is 0.448. The number of carbonyl (C=O) groups excluding carboxylic acids is 1. The highest BCUT2D eigenvalue weighted by Crippen LogP contribution is 2.36. The van der Waals surface area contributed by atoms with Crippen molar-refractivity contribution in [3.63, 3.8) is 0 Å². The van der Waals surface area contributed by atoms with Gasteiger partial charge in [0.1, 0.15) is 18.5 Å². The standard InChI is InChI=1S/C20H20N2O4/c21-20(24)12(7-13-10-22-17-4-2-1-3-16(13)17)8-15-11-25-18-6-5-14(23)9-19(18)26-15/h1-6,9-10,12,15,22-23H,7-8,11H2,(H2,21,24). The summed E-state index contributed by atoms with van der Waals surface area (Å²) in [6, 6.07) is 12.7. The number of phenols is 1. The smallest absolute Gasteiger partial charge is 0.221 e. The molecule has 0 aliphatic carbocycles. The zero-order valence-electron chi connectivity index (χ0n) is 14.1. The maximum Gasteiger partial charge on any atom is 0.221 e. The first-order valence-corrected chi connectivity index (χ1v) is 8.57. The second-order valence-corrected chi connectivity index (χ2v) is 6.58. The van der Waals surface area contributed by atoms with Gasteiger partial charge in [-0.3, -0.25) is 4.79 Å². The number of benzene rings is 2. The lowest BCUT2D eigenvalue weighted by atomic mass is 9.92. The average Bonchev–Trinajstić information content (AvgIpc) is 3.04. The number of hydrogen-bond donors (Lipinski definition) is 3. The van der Waals surface area contributed by atoms with Gasteiger partial charge in [0.05, 0.1) is 0 Å². The van der Waals surface area contributed by atoms with Crippen molar-refractivity contribution in [3.05, 3.63) is 54.2 Å². The molecule has 2 aromatic carbocycles. The third-order valence-electron chi connectivity index (χ3n) is 4.74. The third-order valence-corrected chi connectivity index (χ3v) is 4.74. The molecule has 0 saturated heterocycles. The minimum atomic E-state index is -0.373. The molecule has 1 amide bonds. The number of ether oxygens (including phenoxy) is 2. The van der Waals surface area contributed by atoms with E-state index in [2.05, 4.69) is 4.98 Å². The van der Waals surface area contributed by atoms with Crippen molar-refractivity contribution in [2.24, 2.45) is 11.7 Å². The number of nitrogens with two attached hydrogens (primary N) is 1. The van der Waals surface area contributed by atoms with Crippen LogP contribution in [-0.2, 0) is 11.2 Å². The van der Waals surface area contributed by atoms with Gasteiger partial charge in [0.15, 0.2) is 11.5 Å². The van der Waals surface area contributed by atoms with Gasteiger partial charge in [-0.2, -0.15) is 0 Å². The fourth-order valence-electron chi connectivity index (χ4n) is 3.40. The zero-order chi connectivity index (χ0) is 18.1. The first-order chi connectivity index (χ1) is 12.6. The second-order valence-electron chi connectivity index (χ2n) is 6.58. The lowest BCUT2D eigenvalue weighted by Crippen LogP contribution is -2.36. The van der Waals surface area contributed by atoms with E-state index in [1.807, 2.05) is 30.5 Å². The number of fused-ring (bicyclic) bond motifs is 2. The third kappa shape index (κ3) is 3.18. The van der Waals surface area contributed by atoms with Crippen molar-refractivity contribution in [1.82, 2.24) is 4.98 Å². The van der Waals surface area contributed by atoms with Gasteiger partial charge in [-0.25, -0.2) is 0 Å². The van der Waals surface area contributed by atoms with Crippen LogP contribution in [0.4, 0.5) is 0 Å². The number of primary amides is 1. The predicted octanol–water partition coefficient (Wildman–Crippen LogP) is 2.75. The highest BCUT2D eigenvalue weighted by molar-refractivity contribution is 5.84. The summed E-state index contributed by atoms with van der Waals surface area (Å²) in [5.41, 5.74) is 7.74. The van der Waals surface area contributed by atoms with E-state index in [4.69, 9.17) is 15.2 Å². The highest BCUT2D eigenvalue weighted by Gasteiger charge is 2.28. The van der Waals surface area contributed by atoms with Gasteiger partial charge in [-0.05, 0) is 36.6 Å². The van der Waals surface area contributed by atoms with Gasteiger partial charge in [0.2, 0.25) is 5.91 Å². The van der Waals surface area contributed by atoms with E-state index >= 15 is 0 Å². The van der Waals surface area contributed by atoms with E-state index in [-0.39, 0.29) is 23.7 Å². The Morgan fingerprint density at radius 2 is 2.12 bits per heavy atom. The first kappa shape index (κ1) is 16.3. The first-order valence-electron chi connectivity index (χ1n) is 8.57. The largest absolute Gasteiger partial charge is 0.508 e. The van der Waals surface area contributed by atoms with Gasteiger partial charge in [0.25, 0.3) is 0 Å². The number of amides is 1. The molecule has 1 aliphatic rings. The van der Waals surface area contributed by atoms with Crippen LogP contribution in [0.5, 0.6) is 17.2 Å². The minimum Gasteiger partial charge on any atom is -0.508 e. The minimum absolute atomic E-state index is 0.109. The van der Waals surface area contributed by atoms with Gasteiger partial charge in [-0.1, -0.05) is 18.2 Å². The van der Waals surface area contributed by atoms with Crippen molar-refractivity contribution >= 4 is 16.8 Å². The fraction of sp³-hybridized carbons (Fsp3) is 0.250. The monoisotopic (exact) mass is 352 g/mol. The normalized spacial score (nSPS) is 17.2. The Bertz CT molecular complexity index is 950. The van der Waals surface area contributed by atoms with E-state index in [0.29, 0.717) is 30.9 Å². The molecule has 0 spiro atoms. The Morgan fingerprint density at radius 3 is 2.96 bits per heavy atom. The van der Waals surface area contributed by atoms with E-state index in [1.165, 1.54) is 6.07 Å². The molecule has 134 valence electrons. The Labute approximate surface area is 150 Å². The maximum absolute atomic E-state index is 12.0. The van der Waals surface area contributed by atoms with Crippen molar-refractivity contribution in [3.8, 4) is 17.2 Å². The second kappa shape index (κ2) is 6.63. The van der Waals surface area contributed by atoms with E-state index in [1.54, 1.807) is 12.1 Å². The van der Waals surface area contributed by atoms with Crippen LogP contribution < -0.4 is 15.2 Å². The zero-order valence-corrected chi connectivity index (χ0v) is 14.1. The van der Waals surface area contributed by atoms with Crippen LogP contribution in [-0.4, -0.2) is 28.7 Å². The van der Waals surface area contributed by atoms with Crippen LogP contribution in [0.25, 0.3) is 10.9 Å². The summed E-state index contributed by atoms with van der Waals surface area (Å²) in [7, 11) is 0. The van der Waals surface area contributed by atoms with E-state index < -0.39 is 0 Å². The molecule has 1 aromatic heterocycles. The molecule has 2 heterocycles. The SMILES string of the molecule is NC(=O)C(Cc1c[nH]c2ccccc12)CC1COc2ccc(O)cc2O1. The highest BCUT2D eigenvalue weighted by atomic mass is 16.6. The van der Waals surface area contributed by atoms with Crippen LogP contribution in [0, 0.1) is 5.92 Å². The number of nitrogens with one attached hydrogen (secondary N) is 1. The number of rotatable bonds is 5. The molecule has 26 heavy (non-hydrogen) atoms. The van der Waals surface area contributed by atoms with Gasteiger partial charge in [-0.15, -0.1) is 0 Å². The number of hydrogen-bond acceptors (Lipinski definition) is 4. The molecule has 6 heteroatoms. The molecule has 0 radical (unpaired) electrons. The quantitative estimate of drug-likeness (QED) is 0.658. The molecule has 3 aromatic rings. The van der Waals surface area contributed by atoms with Crippen molar-refractivity contribution in [2.75, 3.05) is 6.61 Å². The molecule has 0 bridgehead atoms. The lowest BCUT2D eigenvalue weighted by molar-refractivity contribution is -0.122. The number of H-pyrrole nitrogens is 1. The fourth-order valence-corrected chi connectivity index (χ4v) is 3.40. The summed E-state index contributed by atoms with van der Waals surface area (Å²) < 4.78 is 11.6. The van der Waals surface area contributed by atoms with Crippen molar-refractivity contribution < 1.29 is 19.4 Å². The lowest BCUT2D eigenvalue weighted by Gasteiger charge is -2.28. The van der Waals surface area contributed by atoms with Gasteiger partial charge in [0, 0.05) is 29.1 Å². The molecule has 4 rings (SSSR count). The van der Waals surface area contributed by atoms with E-state index in [9.17, 15) is 9.90 Å². The molecule has 4 N–H and O–H groups in total. The van der Waals surface area contributed by atoms with Crippen molar-refractivity contribution in [1.29, 1.82) is 0 Å². The number of aromatic hydroxyl groups is 1. The summed E-state index contributed by atoms with van der Waals surface area (Å²) in [6.07, 6.45) is 2.61. The number of para-hydroxylation sites is 1. The molecule has 2 unspecified atom stereocenters.